The predicted molar refractivity (Wildman–Crippen MR) is 74.0 cm³/mol. The fourth-order valence-corrected chi connectivity index (χ4v) is 2.15. The number of benzene rings is 1. The van der Waals surface area contributed by atoms with Gasteiger partial charge in [-0.25, -0.2) is 0 Å². The number of nitrogens with zero attached hydrogens (tertiary/aromatic N) is 1. The van der Waals surface area contributed by atoms with Gasteiger partial charge in [-0.3, -0.25) is 10.1 Å². The molecule has 4 N–H and O–H groups in total. The molecule has 2 rings (SSSR count). The summed E-state index contributed by atoms with van der Waals surface area (Å²) >= 11 is 0. The Morgan fingerprint density at radius 3 is 2.48 bits per heavy atom. The lowest BCUT2D eigenvalue weighted by Gasteiger charge is -2.35. The molecule has 1 aliphatic rings. The van der Waals surface area contributed by atoms with E-state index in [4.69, 9.17) is 4.74 Å². The van der Waals surface area contributed by atoms with Gasteiger partial charge in [0.1, 0.15) is 24.0 Å². The number of nitro benzene ring substituents is 1. The minimum atomic E-state index is -1.39. The average Bonchev–Trinajstić information content (AvgIpc) is 2.43. The van der Waals surface area contributed by atoms with Crippen LogP contribution in [0.3, 0.4) is 0 Å². The summed E-state index contributed by atoms with van der Waals surface area (Å²) in [5, 5.41) is 42.7. The fraction of sp³-hybridized carbons (Fsp3) is 0.538. The standard InChI is InChI=1S/C13H18N2O6/c1-6-3-8(9(15(19)20)4-7(6)2)14-13-12(18)11(17)10(16)5-21-13/h3-4,10-14,16-18H,5H2,1-2H3/t10-,11-,12+,13-/m1/s1. The van der Waals surface area contributed by atoms with Gasteiger partial charge in [0.25, 0.3) is 5.69 Å². The molecule has 0 aliphatic carbocycles. The minimum Gasteiger partial charge on any atom is -0.388 e. The molecule has 1 aromatic rings. The van der Waals surface area contributed by atoms with Crippen LogP contribution >= 0.6 is 0 Å². The number of aliphatic hydroxyl groups excluding tert-OH is 3. The largest absolute Gasteiger partial charge is 0.388 e. The summed E-state index contributed by atoms with van der Waals surface area (Å²) < 4.78 is 5.19. The lowest BCUT2D eigenvalue weighted by Crippen LogP contribution is -2.55. The number of anilines is 1. The Kier molecular flexibility index (Phi) is 4.43. The van der Waals surface area contributed by atoms with E-state index in [0.717, 1.165) is 11.1 Å². The molecule has 0 aromatic heterocycles. The topological polar surface area (TPSA) is 125 Å². The van der Waals surface area contributed by atoms with Crippen molar-refractivity contribution in [1.29, 1.82) is 0 Å². The summed E-state index contributed by atoms with van der Waals surface area (Å²) in [4.78, 5) is 10.6. The normalized spacial score (nSPS) is 29.2. The van der Waals surface area contributed by atoms with Gasteiger partial charge >= 0.3 is 0 Å². The van der Waals surface area contributed by atoms with Crippen molar-refractivity contribution in [1.82, 2.24) is 0 Å². The van der Waals surface area contributed by atoms with Crippen molar-refractivity contribution in [3.05, 3.63) is 33.4 Å². The number of ether oxygens (including phenoxy) is 1. The Morgan fingerprint density at radius 1 is 1.24 bits per heavy atom. The van der Waals surface area contributed by atoms with Crippen molar-refractivity contribution in [2.75, 3.05) is 11.9 Å². The second-order valence-electron chi connectivity index (χ2n) is 5.16. The third-order valence-electron chi connectivity index (χ3n) is 3.61. The van der Waals surface area contributed by atoms with Crippen LogP contribution in [0.2, 0.25) is 0 Å². The smallest absolute Gasteiger partial charge is 0.292 e. The zero-order chi connectivity index (χ0) is 15.7. The van der Waals surface area contributed by atoms with Gasteiger partial charge in [-0.1, -0.05) is 0 Å². The van der Waals surface area contributed by atoms with Gasteiger partial charge in [0.05, 0.1) is 11.5 Å². The van der Waals surface area contributed by atoms with Crippen LogP contribution in [-0.4, -0.2) is 51.4 Å². The van der Waals surface area contributed by atoms with Crippen LogP contribution < -0.4 is 5.32 Å². The Labute approximate surface area is 121 Å². The van der Waals surface area contributed by atoms with Crippen molar-refractivity contribution in [3.8, 4) is 0 Å². The molecule has 0 saturated carbocycles. The first-order valence-corrected chi connectivity index (χ1v) is 6.49. The van der Waals surface area contributed by atoms with Crippen LogP contribution in [0.5, 0.6) is 0 Å². The summed E-state index contributed by atoms with van der Waals surface area (Å²) in [6.07, 6.45) is -4.99. The van der Waals surface area contributed by atoms with Gasteiger partial charge in [0, 0.05) is 6.07 Å². The molecule has 1 heterocycles. The molecule has 4 atom stereocenters. The average molecular weight is 298 g/mol. The first-order chi connectivity index (χ1) is 9.81. The molecule has 21 heavy (non-hydrogen) atoms. The van der Waals surface area contributed by atoms with Crippen molar-refractivity contribution in [2.45, 2.75) is 38.4 Å². The number of nitro groups is 1. The van der Waals surface area contributed by atoms with E-state index in [0.29, 0.717) is 0 Å². The second kappa shape index (κ2) is 5.94. The molecule has 1 aromatic carbocycles. The maximum Gasteiger partial charge on any atom is 0.292 e. The Hall–Kier alpha value is -1.74. The molecular weight excluding hydrogens is 280 g/mol. The highest BCUT2D eigenvalue weighted by Crippen LogP contribution is 2.30. The molecule has 116 valence electrons. The van der Waals surface area contributed by atoms with Crippen LogP contribution in [-0.2, 0) is 4.74 Å². The third-order valence-corrected chi connectivity index (χ3v) is 3.61. The number of hydrogen-bond acceptors (Lipinski definition) is 7. The first-order valence-electron chi connectivity index (χ1n) is 6.49. The second-order valence-corrected chi connectivity index (χ2v) is 5.16. The lowest BCUT2D eigenvalue weighted by atomic mass is 10.0. The molecular formula is C13H18N2O6. The highest BCUT2D eigenvalue weighted by atomic mass is 16.6. The fourth-order valence-electron chi connectivity index (χ4n) is 2.15. The summed E-state index contributed by atoms with van der Waals surface area (Å²) in [5.41, 5.74) is 1.66. The number of aliphatic hydroxyl groups is 3. The van der Waals surface area contributed by atoms with Gasteiger partial charge in [-0.2, -0.15) is 0 Å². The van der Waals surface area contributed by atoms with Crippen molar-refractivity contribution in [2.24, 2.45) is 0 Å². The maximum atomic E-state index is 11.1. The minimum absolute atomic E-state index is 0.144. The van der Waals surface area contributed by atoms with Crippen LogP contribution in [0, 0.1) is 24.0 Å². The molecule has 1 fully saturated rings. The van der Waals surface area contributed by atoms with Gasteiger partial charge < -0.3 is 25.4 Å². The number of rotatable bonds is 3. The van der Waals surface area contributed by atoms with Gasteiger partial charge in [-0.15, -0.1) is 0 Å². The molecule has 0 bridgehead atoms. The van der Waals surface area contributed by atoms with Crippen LogP contribution in [0.1, 0.15) is 11.1 Å². The van der Waals surface area contributed by atoms with Crippen molar-refractivity contribution >= 4 is 11.4 Å². The maximum absolute atomic E-state index is 11.1. The monoisotopic (exact) mass is 298 g/mol. The van der Waals surface area contributed by atoms with Crippen LogP contribution in [0.4, 0.5) is 11.4 Å². The van der Waals surface area contributed by atoms with E-state index in [2.05, 4.69) is 5.32 Å². The van der Waals surface area contributed by atoms with E-state index in [1.165, 1.54) is 6.07 Å². The highest BCUT2D eigenvalue weighted by Gasteiger charge is 2.38. The zero-order valence-corrected chi connectivity index (χ0v) is 11.7. The van der Waals surface area contributed by atoms with E-state index in [9.17, 15) is 25.4 Å². The summed E-state index contributed by atoms with van der Waals surface area (Å²) in [5.74, 6) is 0. The molecule has 0 spiro atoms. The number of aryl methyl sites for hydroxylation is 2. The summed E-state index contributed by atoms with van der Waals surface area (Å²) in [6.45, 7) is 3.40. The molecule has 1 saturated heterocycles. The third kappa shape index (κ3) is 3.13. The van der Waals surface area contributed by atoms with E-state index >= 15 is 0 Å². The Balaban J connectivity index is 2.27. The summed E-state index contributed by atoms with van der Waals surface area (Å²) in [6, 6.07) is 3.01. The Morgan fingerprint density at radius 2 is 1.86 bits per heavy atom. The van der Waals surface area contributed by atoms with Crippen molar-refractivity contribution < 1.29 is 25.0 Å². The molecule has 8 nitrogen and oxygen atoms in total. The van der Waals surface area contributed by atoms with Crippen LogP contribution in [0.15, 0.2) is 12.1 Å². The molecule has 0 amide bonds. The van der Waals surface area contributed by atoms with Crippen molar-refractivity contribution in [3.63, 3.8) is 0 Å². The number of hydrogen-bond donors (Lipinski definition) is 4. The molecule has 0 radical (unpaired) electrons. The van der Waals surface area contributed by atoms with Gasteiger partial charge in [0.2, 0.25) is 0 Å². The predicted octanol–water partition coefficient (Wildman–Crippen LogP) is 0.0625. The molecule has 0 unspecified atom stereocenters. The lowest BCUT2D eigenvalue weighted by molar-refractivity contribution is -0.384. The zero-order valence-electron chi connectivity index (χ0n) is 11.7. The molecule has 8 heteroatoms. The van der Waals surface area contributed by atoms with Gasteiger partial charge in [-0.05, 0) is 31.0 Å². The SMILES string of the molecule is Cc1cc(N[C@@H]2OC[C@@H](O)[C@@H](O)[C@@H]2O)c([N+](=O)[O-])cc1C. The van der Waals surface area contributed by atoms with Gasteiger partial charge in [0.15, 0.2) is 6.23 Å². The molecule has 1 aliphatic heterocycles. The van der Waals surface area contributed by atoms with E-state index in [-0.39, 0.29) is 18.0 Å². The van der Waals surface area contributed by atoms with E-state index < -0.39 is 29.5 Å². The quantitative estimate of drug-likeness (QED) is 0.459. The number of nitrogens with one attached hydrogen (secondary N) is 1. The summed E-state index contributed by atoms with van der Waals surface area (Å²) in [7, 11) is 0. The van der Waals surface area contributed by atoms with E-state index in [1.54, 1.807) is 19.9 Å². The highest BCUT2D eigenvalue weighted by molar-refractivity contribution is 5.64. The Bertz CT molecular complexity index is 550. The first kappa shape index (κ1) is 15.6. The van der Waals surface area contributed by atoms with E-state index in [1.807, 2.05) is 0 Å². The van der Waals surface area contributed by atoms with Crippen LogP contribution in [0.25, 0.3) is 0 Å².